The van der Waals surface area contributed by atoms with Crippen molar-refractivity contribution in [3.63, 3.8) is 0 Å². The summed E-state index contributed by atoms with van der Waals surface area (Å²) in [7, 11) is 1.69. The van der Waals surface area contributed by atoms with Crippen LogP contribution in [-0.2, 0) is 11.3 Å². The molecule has 0 radical (unpaired) electrons. The van der Waals surface area contributed by atoms with E-state index in [1.54, 1.807) is 19.2 Å². The van der Waals surface area contributed by atoms with Crippen LogP contribution in [0.1, 0.15) is 29.0 Å². The fraction of sp³-hybridized carbons (Fsp3) is 0.350. The number of nitrogens with zero attached hydrogens (tertiary/aromatic N) is 2. The zero-order chi connectivity index (χ0) is 19.8. The fourth-order valence-corrected chi connectivity index (χ4v) is 2.97. The third-order valence-electron chi connectivity index (χ3n) is 4.45. The predicted octanol–water partition coefficient (Wildman–Crippen LogP) is 2.12. The Hall–Kier alpha value is -2.56. The van der Waals surface area contributed by atoms with Gasteiger partial charge >= 0.3 is 0 Å². The Morgan fingerprint density at radius 1 is 1.14 bits per heavy atom. The normalized spacial score (nSPS) is 13.8. The molecule has 2 heterocycles. The highest BCUT2D eigenvalue weighted by atomic mass is 127. The lowest BCUT2D eigenvalue weighted by Gasteiger charge is -2.16. The molecule has 1 fully saturated rings. The number of carbonyl (C=O) groups excluding carboxylic acids is 2. The van der Waals surface area contributed by atoms with Crippen LogP contribution in [0.3, 0.4) is 0 Å². The Balaban J connectivity index is 0.00000300. The number of furan rings is 1. The molecule has 0 bridgehead atoms. The van der Waals surface area contributed by atoms with Crippen LogP contribution in [-0.4, -0.2) is 44.5 Å². The molecule has 8 nitrogen and oxygen atoms in total. The summed E-state index contributed by atoms with van der Waals surface area (Å²) in [5.41, 5.74) is 2.03. The minimum absolute atomic E-state index is 0. The average molecular weight is 511 g/mol. The quantitative estimate of drug-likeness (QED) is 0.229. The number of carbonyl (C=O) groups is 2. The second-order valence-corrected chi connectivity index (χ2v) is 6.40. The molecule has 1 aromatic carbocycles. The highest BCUT2D eigenvalue weighted by Crippen LogP contribution is 2.21. The number of aliphatic imine (C=N–C) groups is 1. The Bertz CT molecular complexity index is 821. The van der Waals surface area contributed by atoms with Crippen LogP contribution in [0.15, 0.2) is 52.1 Å². The number of hydrogen-bond acceptors (Lipinski definition) is 4. The molecular formula is C20H26IN5O3. The molecule has 3 N–H and O–H groups in total. The molecule has 156 valence electrons. The second kappa shape index (κ2) is 11.4. The van der Waals surface area contributed by atoms with Gasteiger partial charge in [0, 0.05) is 45.3 Å². The summed E-state index contributed by atoms with van der Waals surface area (Å²) in [6.45, 7) is 2.37. The first kappa shape index (κ1) is 22.7. The minimum Gasteiger partial charge on any atom is -0.459 e. The topological polar surface area (TPSA) is 99.0 Å². The van der Waals surface area contributed by atoms with Gasteiger partial charge in [0.1, 0.15) is 0 Å². The Kier molecular flexibility index (Phi) is 8.97. The van der Waals surface area contributed by atoms with E-state index in [0.29, 0.717) is 37.8 Å². The summed E-state index contributed by atoms with van der Waals surface area (Å²) in [4.78, 5) is 29.6. The highest BCUT2D eigenvalue weighted by molar-refractivity contribution is 14.0. The number of guanidine groups is 1. The molecule has 0 saturated carbocycles. The van der Waals surface area contributed by atoms with Crippen LogP contribution in [0.4, 0.5) is 5.69 Å². The van der Waals surface area contributed by atoms with E-state index in [1.165, 1.54) is 6.26 Å². The first-order valence-electron chi connectivity index (χ1n) is 9.33. The summed E-state index contributed by atoms with van der Waals surface area (Å²) in [5, 5.41) is 9.13. The smallest absolute Gasteiger partial charge is 0.287 e. The third kappa shape index (κ3) is 6.48. The standard InChI is InChI=1S/C20H25N5O3.HI/c1-21-20(23-11-10-22-19(27)17-4-3-13-28-17)24-14-15-6-8-16(9-7-15)25-12-2-5-18(25)26;/h3-4,6-9,13H,2,5,10-12,14H2,1H3,(H,22,27)(H2,21,23,24);1H. The Morgan fingerprint density at radius 3 is 2.52 bits per heavy atom. The zero-order valence-electron chi connectivity index (χ0n) is 16.3. The van der Waals surface area contributed by atoms with Crippen molar-refractivity contribution in [1.82, 2.24) is 16.0 Å². The highest BCUT2D eigenvalue weighted by Gasteiger charge is 2.21. The van der Waals surface area contributed by atoms with Gasteiger partial charge in [0.15, 0.2) is 11.7 Å². The number of amides is 2. The first-order valence-corrected chi connectivity index (χ1v) is 9.33. The molecule has 0 aliphatic carbocycles. The van der Waals surface area contributed by atoms with Crippen molar-refractivity contribution >= 4 is 47.4 Å². The summed E-state index contributed by atoms with van der Waals surface area (Å²) < 4.78 is 5.04. The van der Waals surface area contributed by atoms with E-state index in [9.17, 15) is 9.59 Å². The molecule has 2 amide bonds. The van der Waals surface area contributed by atoms with E-state index in [0.717, 1.165) is 24.2 Å². The monoisotopic (exact) mass is 511 g/mol. The second-order valence-electron chi connectivity index (χ2n) is 6.40. The van der Waals surface area contributed by atoms with Gasteiger partial charge < -0.3 is 25.3 Å². The molecule has 0 spiro atoms. The van der Waals surface area contributed by atoms with E-state index in [2.05, 4.69) is 20.9 Å². The van der Waals surface area contributed by atoms with Gasteiger partial charge in [-0.25, -0.2) is 0 Å². The molecule has 2 aromatic rings. The van der Waals surface area contributed by atoms with Crippen molar-refractivity contribution in [3.05, 3.63) is 54.0 Å². The summed E-state index contributed by atoms with van der Waals surface area (Å²) in [5.74, 6) is 0.883. The molecular weight excluding hydrogens is 485 g/mol. The van der Waals surface area contributed by atoms with Gasteiger partial charge in [-0.3, -0.25) is 14.6 Å². The number of anilines is 1. The Labute approximate surface area is 187 Å². The molecule has 1 aromatic heterocycles. The van der Waals surface area contributed by atoms with Crippen LogP contribution in [0.25, 0.3) is 0 Å². The van der Waals surface area contributed by atoms with Gasteiger partial charge in [-0.2, -0.15) is 0 Å². The van der Waals surface area contributed by atoms with Gasteiger partial charge in [0.05, 0.1) is 6.26 Å². The van der Waals surface area contributed by atoms with E-state index >= 15 is 0 Å². The molecule has 0 atom stereocenters. The lowest BCUT2D eigenvalue weighted by molar-refractivity contribution is -0.117. The van der Waals surface area contributed by atoms with Crippen molar-refractivity contribution in [2.24, 2.45) is 4.99 Å². The zero-order valence-corrected chi connectivity index (χ0v) is 18.6. The summed E-state index contributed by atoms with van der Waals surface area (Å²) in [6, 6.07) is 11.2. The van der Waals surface area contributed by atoms with Crippen LogP contribution >= 0.6 is 24.0 Å². The maximum absolute atomic E-state index is 11.8. The van der Waals surface area contributed by atoms with Gasteiger partial charge in [-0.15, -0.1) is 24.0 Å². The first-order chi connectivity index (χ1) is 13.7. The summed E-state index contributed by atoms with van der Waals surface area (Å²) in [6.07, 6.45) is 3.02. The van der Waals surface area contributed by atoms with Gasteiger partial charge in [-0.05, 0) is 36.2 Å². The number of benzene rings is 1. The molecule has 3 rings (SSSR count). The molecule has 0 unspecified atom stereocenters. The Morgan fingerprint density at radius 2 is 1.90 bits per heavy atom. The molecule has 1 aliphatic rings. The fourth-order valence-electron chi connectivity index (χ4n) is 2.97. The van der Waals surface area contributed by atoms with Crippen molar-refractivity contribution in [3.8, 4) is 0 Å². The van der Waals surface area contributed by atoms with E-state index in [-0.39, 0.29) is 35.8 Å². The minimum atomic E-state index is -0.244. The van der Waals surface area contributed by atoms with Crippen molar-refractivity contribution < 1.29 is 14.0 Å². The number of hydrogen-bond donors (Lipinski definition) is 3. The van der Waals surface area contributed by atoms with Crippen LogP contribution in [0, 0.1) is 0 Å². The SMILES string of the molecule is CN=C(NCCNC(=O)c1ccco1)NCc1ccc(N2CCCC2=O)cc1.I. The maximum Gasteiger partial charge on any atom is 0.287 e. The van der Waals surface area contributed by atoms with Crippen LogP contribution in [0.2, 0.25) is 0 Å². The predicted molar refractivity (Wildman–Crippen MR) is 123 cm³/mol. The lowest BCUT2D eigenvalue weighted by atomic mass is 10.2. The number of nitrogens with one attached hydrogen (secondary N) is 3. The maximum atomic E-state index is 11.8. The van der Waals surface area contributed by atoms with Crippen molar-refractivity contribution in [2.75, 3.05) is 31.6 Å². The van der Waals surface area contributed by atoms with Crippen molar-refractivity contribution in [2.45, 2.75) is 19.4 Å². The number of halogens is 1. The van der Waals surface area contributed by atoms with Crippen LogP contribution in [0.5, 0.6) is 0 Å². The van der Waals surface area contributed by atoms with Gasteiger partial charge in [0.2, 0.25) is 5.91 Å². The third-order valence-corrected chi connectivity index (χ3v) is 4.45. The molecule has 9 heteroatoms. The van der Waals surface area contributed by atoms with Crippen LogP contribution < -0.4 is 20.9 Å². The van der Waals surface area contributed by atoms with E-state index in [1.807, 2.05) is 29.2 Å². The summed E-state index contributed by atoms with van der Waals surface area (Å²) >= 11 is 0. The largest absolute Gasteiger partial charge is 0.459 e. The number of rotatable bonds is 7. The molecule has 1 aliphatic heterocycles. The van der Waals surface area contributed by atoms with Gasteiger partial charge in [-0.1, -0.05) is 12.1 Å². The average Bonchev–Trinajstić information content (AvgIpc) is 3.40. The molecule has 1 saturated heterocycles. The molecule has 29 heavy (non-hydrogen) atoms. The van der Waals surface area contributed by atoms with Crippen molar-refractivity contribution in [1.29, 1.82) is 0 Å². The van der Waals surface area contributed by atoms with E-state index < -0.39 is 0 Å². The van der Waals surface area contributed by atoms with E-state index in [4.69, 9.17) is 4.42 Å². The lowest BCUT2D eigenvalue weighted by Crippen LogP contribution is -2.41. The van der Waals surface area contributed by atoms with Gasteiger partial charge in [0.25, 0.3) is 5.91 Å².